The predicted octanol–water partition coefficient (Wildman–Crippen LogP) is 2.93. The van der Waals surface area contributed by atoms with E-state index < -0.39 is 28.7 Å². The summed E-state index contributed by atoms with van der Waals surface area (Å²) in [6, 6.07) is 2.76. The van der Waals surface area contributed by atoms with Crippen molar-refractivity contribution in [2.24, 2.45) is 0 Å². The van der Waals surface area contributed by atoms with Crippen LogP contribution in [-0.2, 0) is 15.7 Å². The molecule has 0 fully saturated rings. The summed E-state index contributed by atoms with van der Waals surface area (Å²) < 4.78 is 41.3. The second-order valence-electron chi connectivity index (χ2n) is 4.08. The summed E-state index contributed by atoms with van der Waals surface area (Å²) in [7, 11) is 1.04. The van der Waals surface area contributed by atoms with Gasteiger partial charge in [0.1, 0.15) is 0 Å². The predicted molar refractivity (Wildman–Crippen MR) is 67.9 cm³/mol. The smallest absolute Gasteiger partial charge is 0.416 e. The van der Waals surface area contributed by atoms with E-state index in [2.05, 4.69) is 4.74 Å². The van der Waals surface area contributed by atoms with E-state index in [1.807, 2.05) is 0 Å². The lowest BCUT2D eigenvalue weighted by Gasteiger charge is -2.06. The van der Waals surface area contributed by atoms with Crippen molar-refractivity contribution in [3.05, 3.63) is 51.6 Å². The average Bonchev–Trinajstić information content (AvgIpc) is 2.42. The Morgan fingerprint density at radius 2 is 1.95 bits per heavy atom. The van der Waals surface area contributed by atoms with Gasteiger partial charge in [0.05, 0.1) is 12.7 Å². The Balaban J connectivity index is 2.72. The third-order valence-electron chi connectivity index (χ3n) is 2.64. The number of hydrogen-bond donors (Lipinski definition) is 0. The van der Waals surface area contributed by atoms with E-state index in [-0.39, 0.29) is 6.42 Å². The van der Waals surface area contributed by atoms with Crippen LogP contribution in [0, 0.1) is 10.1 Å². The lowest BCUT2D eigenvalue weighted by molar-refractivity contribution is -0.509. The number of methoxy groups -OCH3 is 1. The maximum Gasteiger partial charge on any atom is 0.416 e. The van der Waals surface area contributed by atoms with Crippen LogP contribution in [0.1, 0.15) is 17.5 Å². The third kappa shape index (κ3) is 4.90. The van der Waals surface area contributed by atoms with Crippen LogP contribution < -0.4 is 0 Å². The fourth-order valence-corrected chi connectivity index (χ4v) is 1.52. The number of rotatable bonds is 5. The van der Waals surface area contributed by atoms with Gasteiger partial charge < -0.3 is 4.74 Å². The lowest BCUT2D eigenvalue weighted by atomic mass is 10.1. The zero-order valence-corrected chi connectivity index (χ0v) is 11.0. The molecule has 0 aliphatic heterocycles. The lowest BCUT2D eigenvalue weighted by Crippen LogP contribution is -2.29. The van der Waals surface area contributed by atoms with Crippen molar-refractivity contribution in [1.29, 1.82) is 0 Å². The Morgan fingerprint density at radius 1 is 1.38 bits per heavy atom. The standard InChI is InChI=1S/C13H12F3NO4/c1-21-12(18)11(17(19)20)4-2-3-9-5-7-10(8-6-9)13(14,15)16/h2-3,5-8,11H,4H2,1H3/b3-2+. The van der Waals surface area contributed by atoms with E-state index in [4.69, 9.17) is 0 Å². The molecule has 5 nitrogen and oxygen atoms in total. The first kappa shape index (κ1) is 16.7. The minimum Gasteiger partial charge on any atom is -0.464 e. The molecule has 1 atom stereocenters. The molecular weight excluding hydrogens is 291 g/mol. The van der Waals surface area contributed by atoms with E-state index in [0.717, 1.165) is 19.2 Å². The summed E-state index contributed by atoms with van der Waals surface area (Å²) in [5.74, 6) is -0.975. The molecule has 0 amide bonds. The number of nitrogens with zero attached hydrogens (tertiary/aromatic N) is 1. The first-order valence-corrected chi connectivity index (χ1v) is 5.81. The second-order valence-corrected chi connectivity index (χ2v) is 4.08. The van der Waals surface area contributed by atoms with Crippen LogP contribution in [0.15, 0.2) is 30.3 Å². The van der Waals surface area contributed by atoms with Gasteiger partial charge in [0, 0.05) is 11.3 Å². The van der Waals surface area contributed by atoms with Gasteiger partial charge in [0.15, 0.2) is 0 Å². The molecule has 0 saturated heterocycles. The molecule has 0 bridgehead atoms. The fourth-order valence-electron chi connectivity index (χ4n) is 1.52. The molecule has 0 saturated carbocycles. The van der Waals surface area contributed by atoms with Crippen LogP contribution in [0.5, 0.6) is 0 Å². The molecule has 0 heterocycles. The first-order chi connectivity index (χ1) is 9.75. The zero-order valence-electron chi connectivity index (χ0n) is 11.0. The highest BCUT2D eigenvalue weighted by Gasteiger charge is 2.30. The van der Waals surface area contributed by atoms with E-state index >= 15 is 0 Å². The van der Waals surface area contributed by atoms with E-state index in [1.165, 1.54) is 24.3 Å². The largest absolute Gasteiger partial charge is 0.464 e. The summed E-state index contributed by atoms with van der Waals surface area (Å²) in [5, 5.41) is 10.6. The summed E-state index contributed by atoms with van der Waals surface area (Å²) in [4.78, 5) is 21.0. The second kappa shape index (κ2) is 6.87. The van der Waals surface area contributed by atoms with E-state index in [1.54, 1.807) is 0 Å². The summed E-state index contributed by atoms with van der Waals surface area (Å²) >= 11 is 0. The van der Waals surface area contributed by atoms with E-state index in [0.29, 0.717) is 5.56 Å². The van der Waals surface area contributed by atoms with Gasteiger partial charge in [-0.1, -0.05) is 24.3 Å². The molecule has 0 radical (unpaired) electrons. The molecule has 0 aromatic heterocycles. The number of esters is 1. The highest BCUT2D eigenvalue weighted by molar-refractivity contribution is 5.74. The number of carbonyl (C=O) groups is 1. The summed E-state index contributed by atoms with van der Waals surface area (Å²) in [6.45, 7) is 0. The topological polar surface area (TPSA) is 69.4 Å². The molecule has 0 N–H and O–H groups in total. The maximum atomic E-state index is 12.3. The summed E-state index contributed by atoms with van der Waals surface area (Å²) in [6.07, 6.45) is -1.88. The Kier molecular flexibility index (Phi) is 5.45. The van der Waals surface area contributed by atoms with Gasteiger partial charge in [-0.2, -0.15) is 13.2 Å². The van der Waals surface area contributed by atoms with Gasteiger partial charge in [-0.25, -0.2) is 4.79 Å². The Morgan fingerprint density at radius 3 is 2.38 bits per heavy atom. The van der Waals surface area contributed by atoms with Crippen molar-refractivity contribution in [3.8, 4) is 0 Å². The molecule has 1 aromatic rings. The highest BCUT2D eigenvalue weighted by atomic mass is 19.4. The van der Waals surface area contributed by atoms with Gasteiger partial charge in [-0.15, -0.1) is 0 Å². The Bertz CT molecular complexity index is 537. The Labute approximate surface area is 118 Å². The van der Waals surface area contributed by atoms with Gasteiger partial charge in [0.2, 0.25) is 0 Å². The van der Waals surface area contributed by atoms with Crippen LogP contribution in [-0.4, -0.2) is 24.0 Å². The quantitative estimate of drug-likeness (QED) is 0.476. The number of carbonyl (C=O) groups excluding carboxylic acids is 1. The van der Waals surface area contributed by atoms with Crippen LogP contribution in [0.4, 0.5) is 13.2 Å². The number of hydrogen-bond acceptors (Lipinski definition) is 4. The zero-order chi connectivity index (χ0) is 16.0. The van der Waals surface area contributed by atoms with Gasteiger partial charge in [-0.05, 0) is 17.7 Å². The number of ether oxygens (including phenoxy) is 1. The molecule has 0 aliphatic rings. The highest BCUT2D eigenvalue weighted by Crippen LogP contribution is 2.29. The third-order valence-corrected chi connectivity index (χ3v) is 2.64. The van der Waals surface area contributed by atoms with Crippen LogP contribution in [0.25, 0.3) is 6.08 Å². The number of halogens is 3. The fraction of sp³-hybridized carbons (Fsp3) is 0.308. The molecule has 1 rings (SSSR count). The average molecular weight is 303 g/mol. The minimum atomic E-state index is -4.41. The molecule has 1 aromatic carbocycles. The van der Waals surface area contributed by atoms with Crippen molar-refractivity contribution < 1.29 is 27.6 Å². The van der Waals surface area contributed by atoms with Crippen molar-refractivity contribution in [3.63, 3.8) is 0 Å². The SMILES string of the molecule is COC(=O)C(C/C=C/c1ccc(C(F)(F)F)cc1)[N+](=O)[O-]. The van der Waals surface area contributed by atoms with Crippen LogP contribution in [0.3, 0.4) is 0 Å². The van der Waals surface area contributed by atoms with E-state index in [9.17, 15) is 28.1 Å². The molecule has 0 aliphatic carbocycles. The molecule has 0 spiro atoms. The maximum absolute atomic E-state index is 12.3. The van der Waals surface area contributed by atoms with Crippen molar-refractivity contribution >= 4 is 12.0 Å². The van der Waals surface area contributed by atoms with Gasteiger partial charge in [0.25, 0.3) is 0 Å². The van der Waals surface area contributed by atoms with Crippen molar-refractivity contribution in [2.45, 2.75) is 18.6 Å². The Hall–Kier alpha value is -2.38. The monoisotopic (exact) mass is 303 g/mol. The number of benzene rings is 1. The first-order valence-electron chi connectivity index (χ1n) is 5.81. The van der Waals surface area contributed by atoms with Crippen molar-refractivity contribution in [1.82, 2.24) is 0 Å². The minimum absolute atomic E-state index is 0.208. The van der Waals surface area contributed by atoms with Crippen LogP contribution >= 0.6 is 0 Å². The molecule has 1 unspecified atom stereocenters. The number of alkyl halides is 3. The number of nitro groups is 1. The molecule has 114 valence electrons. The van der Waals surface area contributed by atoms with Gasteiger partial charge >= 0.3 is 18.2 Å². The van der Waals surface area contributed by atoms with Crippen molar-refractivity contribution in [2.75, 3.05) is 7.11 Å². The van der Waals surface area contributed by atoms with Gasteiger partial charge in [-0.3, -0.25) is 10.1 Å². The molecule has 21 heavy (non-hydrogen) atoms. The molecular formula is C13H12F3NO4. The summed E-state index contributed by atoms with van der Waals surface area (Å²) in [5.41, 5.74) is -0.340. The molecule has 8 heteroatoms. The normalized spacial score (nSPS) is 13.1. The van der Waals surface area contributed by atoms with Crippen LogP contribution in [0.2, 0.25) is 0 Å².